The molecule has 0 aromatic rings. The molecule has 0 radical (unpaired) electrons. The fourth-order valence-corrected chi connectivity index (χ4v) is 0.494. The molecule has 64 valence electrons. The first-order valence-electron chi connectivity index (χ1n) is 3.32. The van der Waals surface area contributed by atoms with Crippen LogP contribution >= 0.6 is 0 Å². The predicted octanol–water partition coefficient (Wildman–Crippen LogP) is -0.273. The van der Waals surface area contributed by atoms with E-state index in [4.69, 9.17) is 15.9 Å². The summed E-state index contributed by atoms with van der Waals surface area (Å²) in [7, 11) is 0. The third-order valence-corrected chi connectivity index (χ3v) is 1.29. The maximum atomic E-state index is 10.2. The number of carboxylic acids is 1. The zero-order chi connectivity index (χ0) is 8.85. The van der Waals surface area contributed by atoms with E-state index >= 15 is 0 Å². The van der Waals surface area contributed by atoms with Crippen molar-refractivity contribution in [2.45, 2.75) is 19.4 Å². The van der Waals surface area contributed by atoms with Gasteiger partial charge in [0.25, 0.3) is 0 Å². The molecular weight excluding hydrogens is 146 g/mol. The largest absolute Gasteiger partial charge is 0.480 e. The van der Waals surface area contributed by atoms with E-state index in [0.717, 1.165) is 5.57 Å². The van der Waals surface area contributed by atoms with Crippen LogP contribution in [0.3, 0.4) is 0 Å². The molecule has 0 fully saturated rings. The quantitative estimate of drug-likeness (QED) is 0.493. The van der Waals surface area contributed by atoms with Crippen LogP contribution in [0.25, 0.3) is 0 Å². The van der Waals surface area contributed by atoms with E-state index in [0.29, 0.717) is 0 Å². The second-order valence-electron chi connectivity index (χ2n) is 2.39. The van der Waals surface area contributed by atoms with Gasteiger partial charge in [-0.15, -0.1) is 0 Å². The van der Waals surface area contributed by atoms with Crippen LogP contribution < -0.4 is 5.73 Å². The Labute approximate surface area is 65.3 Å². The Kier molecular flexibility index (Phi) is 4.49. The van der Waals surface area contributed by atoms with E-state index in [1.807, 2.05) is 0 Å². The Bertz CT molecular complexity index is 165. The van der Waals surface area contributed by atoms with Gasteiger partial charge in [0.05, 0.1) is 6.61 Å². The maximum Gasteiger partial charge on any atom is 0.320 e. The summed E-state index contributed by atoms with van der Waals surface area (Å²) in [5.41, 5.74) is 5.93. The van der Waals surface area contributed by atoms with Gasteiger partial charge in [-0.25, -0.2) is 0 Å². The summed E-state index contributed by atoms with van der Waals surface area (Å²) in [6.07, 6.45) is 1.89. The number of hydrogen-bond acceptors (Lipinski definition) is 3. The van der Waals surface area contributed by atoms with Crippen molar-refractivity contribution in [2.24, 2.45) is 5.73 Å². The molecule has 0 saturated heterocycles. The first-order valence-corrected chi connectivity index (χ1v) is 3.32. The Morgan fingerprint density at radius 2 is 2.27 bits per heavy atom. The molecule has 11 heavy (non-hydrogen) atoms. The van der Waals surface area contributed by atoms with E-state index in [9.17, 15) is 4.79 Å². The Hall–Kier alpha value is -0.870. The molecular formula is C7H13NO3. The average molecular weight is 159 g/mol. The lowest BCUT2D eigenvalue weighted by Gasteiger charge is -2.01. The van der Waals surface area contributed by atoms with Gasteiger partial charge >= 0.3 is 5.97 Å². The molecule has 0 saturated carbocycles. The zero-order valence-corrected chi connectivity index (χ0v) is 6.45. The van der Waals surface area contributed by atoms with Crippen molar-refractivity contribution in [1.29, 1.82) is 0 Å². The number of hydrogen-bond donors (Lipinski definition) is 3. The number of carboxylic acid groups (broad SMARTS) is 1. The summed E-state index contributed by atoms with van der Waals surface area (Å²) in [6.45, 7) is 1.67. The van der Waals surface area contributed by atoms with Crippen LogP contribution in [-0.2, 0) is 4.79 Å². The minimum absolute atomic E-state index is 0.0493. The summed E-state index contributed by atoms with van der Waals surface area (Å²) >= 11 is 0. The summed E-state index contributed by atoms with van der Waals surface area (Å²) in [4.78, 5) is 10.2. The van der Waals surface area contributed by atoms with Crippen LogP contribution in [0.2, 0.25) is 0 Å². The van der Waals surface area contributed by atoms with Gasteiger partial charge in [-0.1, -0.05) is 11.6 Å². The number of nitrogens with two attached hydrogens (primary N) is 1. The monoisotopic (exact) mass is 159 g/mol. The second kappa shape index (κ2) is 4.87. The molecule has 4 nitrogen and oxygen atoms in total. The second-order valence-corrected chi connectivity index (χ2v) is 2.39. The highest BCUT2D eigenvalue weighted by atomic mass is 16.4. The SMILES string of the molecule is CC(=CCC(N)C(=O)O)CO. The molecule has 0 aliphatic heterocycles. The van der Waals surface area contributed by atoms with Crippen molar-refractivity contribution in [3.63, 3.8) is 0 Å². The summed E-state index contributed by atoms with van der Waals surface area (Å²) in [5, 5.41) is 16.9. The van der Waals surface area contributed by atoms with E-state index in [-0.39, 0.29) is 13.0 Å². The summed E-state index contributed by atoms with van der Waals surface area (Å²) in [6, 6.07) is -0.864. The topological polar surface area (TPSA) is 83.6 Å². The fourth-order valence-electron chi connectivity index (χ4n) is 0.494. The zero-order valence-electron chi connectivity index (χ0n) is 6.45. The van der Waals surface area contributed by atoms with E-state index in [1.54, 1.807) is 13.0 Å². The van der Waals surface area contributed by atoms with Gasteiger partial charge in [0, 0.05) is 0 Å². The Balaban J connectivity index is 3.78. The molecule has 0 amide bonds. The first-order chi connectivity index (χ1) is 5.07. The lowest BCUT2D eigenvalue weighted by atomic mass is 10.1. The third kappa shape index (κ3) is 4.52. The minimum atomic E-state index is -1.02. The lowest BCUT2D eigenvalue weighted by Crippen LogP contribution is -2.29. The molecule has 0 aliphatic carbocycles. The van der Waals surface area contributed by atoms with Crippen molar-refractivity contribution in [2.75, 3.05) is 6.61 Å². The smallest absolute Gasteiger partial charge is 0.320 e. The number of aliphatic hydroxyl groups is 1. The number of carbonyl (C=O) groups is 1. The number of aliphatic carboxylic acids is 1. The van der Waals surface area contributed by atoms with E-state index in [2.05, 4.69) is 0 Å². The molecule has 0 aromatic heterocycles. The van der Waals surface area contributed by atoms with Gasteiger partial charge in [0.2, 0.25) is 0 Å². The highest BCUT2D eigenvalue weighted by Gasteiger charge is 2.08. The van der Waals surface area contributed by atoms with Crippen molar-refractivity contribution >= 4 is 5.97 Å². The minimum Gasteiger partial charge on any atom is -0.480 e. The Morgan fingerprint density at radius 3 is 2.64 bits per heavy atom. The number of rotatable bonds is 4. The van der Waals surface area contributed by atoms with Crippen molar-refractivity contribution < 1.29 is 15.0 Å². The van der Waals surface area contributed by atoms with Gasteiger partial charge in [0.15, 0.2) is 0 Å². The van der Waals surface area contributed by atoms with Crippen LogP contribution in [0, 0.1) is 0 Å². The van der Waals surface area contributed by atoms with Crippen molar-refractivity contribution in [1.82, 2.24) is 0 Å². The standard InChI is InChI=1S/C7H13NO3/c1-5(4-9)2-3-6(8)7(10)11/h2,6,9H,3-4,8H2,1H3,(H,10,11). The van der Waals surface area contributed by atoms with Crippen LogP contribution in [0.15, 0.2) is 11.6 Å². The van der Waals surface area contributed by atoms with E-state index < -0.39 is 12.0 Å². The molecule has 1 unspecified atom stereocenters. The summed E-state index contributed by atoms with van der Waals surface area (Å²) in [5.74, 6) is -1.02. The van der Waals surface area contributed by atoms with Gasteiger partial charge < -0.3 is 15.9 Å². The Morgan fingerprint density at radius 1 is 1.73 bits per heavy atom. The highest BCUT2D eigenvalue weighted by Crippen LogP contribution is 1.96. The normalized spacial score (nSPS) is 14.6. The molecule has 1 atom stereocenters. The van der Waals surface area contributed by atoms with Gasteiger partial charge in [-0.2, -0.15) is 0 Å². The molecule has 0 spiro atoms. The molecule has 0 aromatic carbocycles. The van der Waals surface area contributed by atoms with E-state index in [1.165, 1.54) is 0 Å². The molecule has 0 aliphatic rings. The molecule has 0 rings (SSSR count). The van der Waals surface area contributed by atoms with Crippen molar-refractivity contribution in [3.8, 4) is 0 Å². The van der Waals surface area contributed by atoms with Gasteiger partial charge in [-0.3, -0.25) is 4.79 Å². The van der Waals surface area contributed by atoms with Crippen LogP contribution in [0.5, 0.6) is 0 Å². The highest BCUT2D eigenvalue weighted by molar-refractivity contribution is 5.73. The maximum absolute atomic E-state index is 10.2. The summed E-state index contributed by atoms with van der Waals surface area (Å²) < 4.78 is 0. The molecule has 0 bridgehead atoms. The first kappa shape index (κ1) is 10.1. The molecule has 4 N–H and O–H groups in total. The third-order valence-electron chi connectivity index (χ3n) is 1.29. The lowest BCUT2D eigenvalue weighted by molar-refractivity contribution is -0.138. The van der Waals surface area contributed by atoms with Gasteiger partial charge in [0.1, 0.15) is 6.04 Å². The molecule has 0 heterocycles. The fraction of sp³-hybridized carbons (Fsp3) is 0.571. The average Bonchev–Trinajstić information content (AvgIpc) is 1.99. The van der Waals surface area contributed by atoms with Crippen molar-refractivity contribution in [3.05, 3.63) is 11.6 Å². The number of aliphatic hydroxyl groups excluding tert-OH is 1. The van der Waals surface area contributed by atoms with Crippen LogP contribution in [0.4, 0.5) is 0 Å². The van der Waals surface area contributed by atoms with Gasteiger partial charge in [-0.05, 0) is 13.3 Å². The predicted molar refractivity (Wildman–Crippen MR) is 41.1 cm³/mol. The van der Waals surface area contributed by atoms with Crippen LogP contribution in [0.1, 0.15) is 13.3 Å². The molecule has 4 heteroatoms. The van der Waals surface area contributed by atoms with Crippen LogP contribution in [-0.4, -0.2) is 28.8 Å².